The van der Waals surface area contributed by atoms with Gasteiger partial charge in [-0.25, -0.2) is 0 Å². The molecule has 70 valence electrons. The van der Waals surface area contributed by atoms with Gasteiger partial charge in [0.15, 0.2) is 0 Å². The zero-order valence-corrected chi connectivity index (χ0v) is 9.32. The summed E-state index contributed by atoms with van der Waals surface area (Å²) in [5.41, 5.74) is 1.39. The van der Waals surface area contributed by atoms with E-state index in [4.69, 9.17) is 0 Å². The fourth-order valence-electron chi connectivity index (χ4n) is 1.15. The second kappa shape index (κ2) is 5.03. The van der Waals surface area contributed by atoms with Crippen LogP contribution in [0.25, 0.3) is 6.08 Å². The molecule has 0 bridgehead atoms. The summed E-state index contributed by atoms with van der Waals surface area (Å²) in [6.45, 7) is 6.40. The van der Waals surface area contributed by atoms with Gasteiger partial charge in [-0.2, -0.15) is 0 Å². The van der Waals surface area contributed by atoms with Crippen molar-refractivity contribution in [2.45, 2.75) is 27.2 Å². The Balaban J connectivity index is 2.68. The molecule has 0 spiro atoms. The molecule has 0 aliphatic heterocycles. The normalized spacial score (nSPS) is 12.7. The molecule has 0 radical (unpaired) electrons. The van der Waals surface area contributed by atoms with Gasteiger partial charge in [0.05, 0.1) is 0 Å². The summed E-state index contributed by atoms with van der Waals surface area (Å²) < 4.78 is 0. The lowest BCUT2D eigenvalue weighted by atomic mass is 10.2. The predicted octanol–water partition coefficient (Wildman–Crippen LogP) is 4.43. The van der Waals surface area contributed by atoms with Crippen LogP contribution in [-0.2, 0) is 0 Å². The zero-order valence-electron chi connectivity index (χ0n) is 8.50. The average molecular weight is 192 g/mol. The first-order valence-electron chi connectivity index (χ1n) is 4.66. The van der Waals surface area contributed by atoms with E-state index in [9.17, 15) is 0 Å². The standard InChI is InChI=1S/C12H16S/c1-4-11(5-2)7-9-12-8-6-10(3)13-12/h4,6-9H,5H2,1-3H3/b9-7-,11-4-. The highest BCUT2D eigenvalue weighted by Gasteiger charge is 1.91. The number of rotatable bonds is 3. The Labute approximate surface area is 84.6 Å². The van der Waals surface area contributed by atoms with Crippen LogP contribution in [0.3, 0.4) is 0 Å². The number of thiophene rings is 1. The van der Waals surface area contributed by atoms with Gasteiger partial charge in [-0.1, -0.05) is 24.6 Å². The molecule has 0 nitrogen and oxygen atoms in total. The van der Waals surface area contributed by atoms with Crippen LogP contribution >= 0.6 is 11.3 Å². The molecule has 1 heterocycles. The number of allylic oxidation sites excluding steroid dienone is 3. The first kappa shape index (κ1) is 10.3. The summed E-state index contributed by atoms with van der Waals surface area (Å²) in [6.07, 6.45) is 7.66. The van der Waals surface area contributed by atoms with Gasteiger partial charge in [-0.05, 0) is 38.5 Å². The van der Waals surface area contributed by atoms with Gasteiger partial charge < -0.3 is 0 Å². The van der Waals surface area contributed by atoms with Crippen molar-refractivity contribution in [2.75, 3.05) is 0 Å². The number of hydrogen-bond acceptors (Lipinski definition) is 1. The maximum atomic E-state index is 2.20. The van der Waals surface area contributed by atoms with Gasteiger partial charge in [0.2, 0.25) is 0 Å². The van der Waals surface area contributed by atoms with E-state index in [1.807, 2.05) is 11.3 Å². The van der Waals surface area contributed by atoms with E-state index < -0.39 is 0 Å². The van der Waals surface area contributed by atoms with Gasteiger partial charge in [-0.3, -0.25) is 0 Å². The van der Waals surface area contributed by atoms with Gasteiger partial charge in [0.1, 0.15) is 0 Å². The molecule has 0 saturated heterocycles. The van der Waals surface area contributed by atoms with Crippen LogP contribution in [0, 0.1) is 6.92 Å². The van der Waals surface area contributed by atoms with Crippen molar-refractivity contribution < 1.29 is 0 Å². The molecule has 1 aromatic rings. The lowest BCUT2D eigenvalue weighted by Crippen LogP contribution is -1.71. The minimum absolute atomic E-state index is 1.11. The lowest BCUT2D eigenvalue weighted by Gasteiger charge is -1.92. The second-order valence-corrected chi connectivity index (χ2v) is 4.32. The van der Waals surface area contributed by atoms with Gasteiger partial charge in [-0.15, -0.1) is 11.3 Å². The van der Waals surface area contributed by atoms with Gasteiger partial charge in [0, 0.05) is 9.75 Å². The van der Waals surface area contributed by atoms with Crippen molar-refractivity contribution in [3.63, 3.8) is 0 Å². The van der Waals surface area contributed by atoms with Crippen LogP contribution in [0.15, 0.2) is 29.9 Å². The van der Waals surface area contributed by atoms with Crippen LogP contribution < -0.4 is 0 Å². The number of aryl methyl sites for hydroxylation is 1. The summed E-state index contributed by atoms with van der Waals surface area (Å²) in [5, 5.41) is 0. The van der Waals surface area contributed by atoms with Gasteiger partial charge >= 0.3 is 0 Å². The summed E-state index contributed by atoms with van der Waals surface area (Å²) >= 11 is 1.84. The largest absolute Gasteiger partial charge is 0.141 e. The van der Waals surface area contributed by atoms with Crippen LogP contribution in [0.2, 0.25) is 0 Å². The Morgan fingerprint density at radius 1 is 1.46 bits per heavy atom. The van der Waals surface area contributed by atoms with Gasteiger partial charge in [0.25, 0.3) is 0 Å². The van der Waals surface area contributed by atoms with Crippen molar-refractivity contribution in [2.24, 2.45) is 0 Å². The summed E-state index contributed by atoms with van der Waals surface area (Å²) in [4.78, 5) is 2.71. The topological polar surface area (TPSA) is 0 Å². The van der Waals surface area contributed by atoms with Crippen LogP contribution in [0.1, 0.15) is 30.0 Å². The van der Waals surface area contributed by atoms with E-state index >= 15 is 0 Å². The Bertz CT molecular complexity index is 316. The van der Waals surface area contributed by atoms with Crippen molar-refractivity contribution in [3.05, 3.63) is 39.6 Å². The molecular formula is C12H16S. The molecule has 13 heavy (non-hydrogen) atoms. The summed E-state index contributed by atoms with van der Waals surface area (Å²) in [5.74, 6) is 0. The molecule has 0 N–H and O–H groups in total. The third-order valence-electron chi connectivity index (χ3n) is 2.00. The second-order valence-electron chi connectivity index (χ2n) is 3.00. The fourth-order valence-corrected chi connectivity index (χ4v) is 1.93. The minimum Gasteiger partial charge on any atom is -0.141 e. The van der Waals surface area contributed by atoms with Crippen molar-refractivity contribution in [1.29, 1.82) is 0 Å². The maximum Gasteiger partial charge on any atom is 0.0273 e. The molecule has 0 unspecified atom stereocenters. The van der Waals surface area contributed by atoms with E-state index in [0.717, 1.165) is 6.42 Å². The first-order chi connectivity index (χ1) is 6.26. The van der Waals surface area contributed by atoms with E-state index in [1.165, 1.54) is 15.3 Å². The van der Waals surface area contributed by atoms with Crippen molar-refractivity contribution in [3.8, 4) is 0 Å². The molecule has 1 rings (SSSR count). The lowest BCUT2D eigenvalue weighted by molar-refractivity contribution is 1.14. The molecule has 0 atom stereocenters. The van der Waals surface area contributed by atoms with Crippen LogP contribution in [-0.4, -0.2) is 0 Å². The van der Waals surface area contributed by atoms with Crippen LogP contribution in [0.4, 0.5) is 0 Å². The molecule has 0 aliphatic rings. The Morgan fingerprint density at radius 3 is 2.69 bits per heavy atom. The first-order valence-corrected chi connectivity index (χ1v) is 5.47. The monoisotopic (exact) mass is 192 g/mol. The van der Waals surface area contributed by atoms with Crippen molar-refractivity contribution >= 4 is 17.4 Å². The summed E-state index contributed by atoms with van der Waals surface area (Å²) in [6, 6.07) is 4.32. The van der Waals surface area contributed by atoms with Crippen molar-refractivity contribution in [1.82, 2.24) is 0 Å². The smallest absolute Gasteiger partial charge is 0.0273 e. The van der Waals surface area contributed by atoms with E-state index in [-0.39, 0.29) is 0 Å². The zero-order chi connectivity index (χ0) is 9.68. The maximum absolute atomic E-state index is 2.20. The number of hydrogen-bond donors (Lipinski definition) is 0. The molecule has 0 aromatic carbocycles. The molecular weight excluding hydrogens is 176 g/mol. The molecule has 1 aromatic heterocycles. The van der Waals surface area contributed by atoms with Crippen LogP contribution in [0.5, 0.6) is 0 Å². The third kappa shape index (κ3) is 3.19. The SMILES string of the molecule is C/C=C(\C=C/c1ccc(C)s1)CC. The minimum atomic E-state index is 1.11. The quantitative estimate of drug-likeness (QED) is 0.622. The van der Waals surface area contributed by atoms with E-state index in [1.54, 1.807) is 0 Å². The Morgan fingerprint density at radius 2 is 2.23 bits per heavy atom. The molecule has 1 heteroatoms. The van der Waals surface area contributed by atoms with E-state index in [0.29, 0.717) is 0 Å². The predicted molar refractivity (Wildman–Crippen MR) is 62.1 cm³/mol. The molecule has 0 aliphatic carbocycles. The highest BCUT2D eigenvalue weighted by molar-refractivity contribution is 7.12. The molecule has 0 fully saturated rings. The van der Waals surface area contributed by atoms with E-state index in [2.05, 4.69) is 51.1 Å². The Hall–Kier alpha value is -0.820. The Kier molecular flexibility index (Phi) is 3.97. The highest BCUT2D eigenvalue weighted by Crippen LogP contribution is 2.17. The average Bonchev–Trinajstić information content (AvgIpc) is 2.53. The molecule has 0 amide bonds. The molecule has 0 saturated carbocycles. The highest BCUT2D eigenvalue weighted by atomic mass is 32.1. The third-order valence-corrected chi connectivity index (χ3v) is 2.97. The summed E-state index contributed by atoms with van der Waals surface area (Å²) in [7, 11) is 0. The fraction of sp³-hybridized carbons (Fsp3) is 0.333.